The Kier molecular flexibility index (Phi) is 3.64. The van der Waals surface area contributed by atoms with Gasteiger partial charge < -0.3 is 15.2 Å². The number of methoxy groups -OCH3 is 1. The molecule has 1 aromatic carbocycles. The average molecular weight is 249 g/mol. The Morgan fingerprint density at radius 1 is 1.28 bits per heavy atom. The van der Waals surface area contributed by atoms with Crippen LogP contribution in [0.15, 0.2) is 18.2 Å². The summed E-state index contributed by atoms with van der Waals surface area (Å²) in [4.78, 5) is 0. The van der Waals surface area contributed by atoms with E-state index < -0.39 is 0 Å². The molecular formula is C15H23NO2. The SMILES string of the molecule is COc1ccc(C(C)C)cc1C1(C(C)N)COC1. The predicted molar refractivity (Wildman–Crippen MR) is 73.2 cm³/mol. The van der Waals surface area contributed by atoms with Crippen LogP contribution in [0, 0.1) is 0 Å². The molecule has 1 aliphatic heterocycles. The zero-order chi connectivity index (χ0) is 13.3. The minimum Gasteiger partial charge on any atom is -0.496 e. The molecule has 0 spiro atoms. The molecule has 1 heterocycles. The average Bonchev–Trinajstić information content (AvgIpc) is 2.26. The third kappa shape index (κ3) is 2.02. The lowest BCUT2D eigenvalue weighted by atomic mass is 9.72. The lowest BCUT2D eigenvalue weighted by Gasteiger charge is -2.45. The zero-order valence-electron chi connectivity index (χ0n) is 11.7. The van der Waals surface area contributed by atoms with Crippen LogP contribution in [-0.4, -0.2) is 26.4 Å². The summed E-state index contributed by atoms with van der Waals surface area (Å²) in [5.41, 5.74) is 8.60. The van der Waals surface area contributed by atoms with Crippen molar-refractivity contribution in [1.82, 2.24) is 0 Å². The summed E-state index contributed by atoms with van der Waals surface area (Å²) in [6, 6.07) is 6.46. The van der Waals surface area contributed by atoms with Gasteiger partial charge in [0.05, 0.1) is 25.7 Å². The van der Waals surface area contributed by atoms with E-state index in [0.29, 0.717) is 19.1 Å². The molecule has 2 N–H and O–H groups in total. The van der Waals surface area contributed by atoms with Crippen molar-refractivity contribution in [3.05, 3.63) is 29.3 Å². The van der Waals surface area contributed by atoms with E-state index in [2.05, 4.69) is 26.0 Å². The summed E-state index contributed by atoms with van der Waals surface area (Å²) in [6.07, 6.45) is 0. The summed E-state index contributed by atoms with van der Waals surface area (Å²) in [5, 5.41) is 0. The maximum absolute atomic E-state index is 6.18. The van der Waals surface area contributed by atoms with Gasteiger partial charge in [-0.15, -0.1) is 0 Å². The van der Waals surface area contributed by atoms with E-state index >= 15 is 0 Å². The highest BCUT2D eigenvalue weighted by molar-refractivity contribution is 5.45. The van der Waals surface area contributed by atoms with Gasteiger partial charge in [0.25, 0.3) is 0 Å². The van der Waals surface area contributed by atoms with Gasteiger partial charge in [0.2, 0.25) is 0 Å². The summed E-state index contributed by atoms with van der Waals surface area (Å²) in [5.74, 6) is 1.42. The minimum atomic E-state index is -0.0871. The number of hydrogen-bond acceptors (Lipinski definition) is 3. The van der Waals surface area contributed by atoms with Gasteiger partial charge in [-0.3, -0.25) is 0 Å². The van der Waals surface area contributed by atoms with E-state index in [9.17, 15) is 0 Å². The molecule has 0 bridgehead atoms. The van der Waals surface area contributed by atoms with E-state index in [1.807, 2.05) is 13.0 Å². The van der Waals surface area contributed by atoms with E-state index in [-0.39, 0.29) is 11.5 Å². The minimum absolute atomic E-state index is 0.0579. The fraction of sp³-hybridized carbons (Fsp3) is 0.600. The normalized spacial score (nSPS) is 19.4. The number of hydrogen-bond donors (Lipinski definition) is 1. The first kappa shape index (κ1) is 13.4. The van der Waals surface area contributed by atoms with Crippen LogP contribution >= 0.6 is 0 Å². The van der Waals surface area contributed by atoms with Gasteiger partial charge in [0.15, 0.2) is 0 Å². The molecule has 3 nitrogen and oxygen atoms in total. The van der Waals surface area contributed by atoms with E-state index in [0.717, 1.165) is 5.75 Å². The second-order valence-corrected chi connectivity index (χ2v) is 5.55. The van der Waals surface area contributed by atoms with Crippen LogP contribution in [0.25, 0.3) is 0 Å². The van der Waals surface area contributed by atoms with Crippen LogP contribution in [0.5, 0.6) is 5.75 Å². The molecule has 0 saturated carbocycles. The van der Waals surface area contributed by atoms with E-state index in [1.165, 1.54) is 11.1 Å². The molecule has 3 heteroatoms. The molecule has 100 valence electrons. The molecule has 0 aromatic heterocycles. The van der Waals surface area contributed by atoms with Crippen molar-refractivity contribution in [2.45, 2.75) is 38.1 Å². The fourth-order valence-corrected chi connectivity index (χ4v) is 2.46. The molecule has 1 aromatic rings. The Morgan fingerprint density at radius 3 is 2.33 bits per heavy atom. The first-order valence-corrected chi connectivity index (χ1v) is 6.53. The van der Waals surface area contributed by atoms with Crippen molar-refractivity contribution in [3.63, 3.8) is 0 Å². The van der Waals surface area contributed by atoms with Crippen LogP contribution in [-0.2, 0) is 10.2 Å². The highest BCUT2D eigenvalue weighted by Crippen LogP contribution is 2.41. The Bertz CT molecular complexity index is 423. The molecule has 18 heavy (non-hydrogen) atoms. The Morgan fingerprint density at radius 2 is 1.94 bits per heavy atom. The van der Waals surface area contributed by atoms with Crippen LogP contribution in [0.4, 0.5) is 0 Å². The lowest BCUT2D eigenvalue weighted by molar-refractivity contribution is -0.0710. The predicted octanol–water partition coefficient (Wildman–Crippen LogP) is 2.43. The van der Waals surface area contributed by atoms with Gasteiger partial charge in [-0.1, -0.05) is 26.0 Å². The highest BCUT2D eigenvalue weighted by atomic mass is 16.5. The van der Waals surface area contributed by atoms with Crippen LogP contribution in [0.2, 0.25) is 0 Å². The summed E-state index contributed by atoms with van der Waals surface area (Å²) in [7, 11) is 1.71. The zero-order valence-corrected chi connectivity index (χ0v) is 11.7. The van der Waals surface area contributed by atoms with E-state index in [1.54, 1.807) is 7.11 Å². The third-order valence-electron chi connectivity index (χ3n) is 4.02. The van der Waals surface area contributed by atoms with Crippen molar-refractivity contribution in [3.8, 4) is 5.75 Å². The maximum atomic E-state index is 6.18. The first-order chi connectivity index (χ1) is 8.51. The molecule has 0 aliphatic carbocycles. The van der Waals surface area contributed by atoms with Gasteiger partial charge in [0.1, 0.15) is 5.75 Å². The van der Waals surface area contributed by atoms with Gasteiger partial charge in [0, 0.05) is 11.6 Å². The smallest absolute Gasteiger partial charge is 0.122 e. The number of ether oxygens (including phenoxy) is 2. The summed E-state index contributed by atoms with van der Waals surface area (Å²) in [6.45, 7) is 7.80. The number of rotatable bonds is 4. The quantitative estimate of drug-likeness (QED) is 0.891. The summed E-state index contributed by atoms with van der Waals surface area (Å²) < 4.78 is 10.9. The van der Waals surface area contributed by atoms with Crippen molar-refractivity contribution in [2.24, 2.45) is 5.73 Å². The van der Waals surface area contributed by atoms with Crippen molar-refractivity contribution in [1.29, 1.82) is 0 Å². The van der Waals surface area contributed by atoms with Crippen LogP contribution in [0.1, 0.15) is 37.8 Å². The number of nitrogens with two attached hydrogens (primary N) is 1. The van der Waals surface area contributed by atoms with Gasteiger partial charge in [-0.2, -0.15) is 0 Å². The van der Waals surface area contributed by atoms with Crippen LogP contribution in [0.3, 0.4) is 0 Å². The van der Waals surface area contributed by atoms with E-state index in [4.69, 9.17) is 15.2 Å². The Labute approximate surface area is 109 Å². The maximum Gasteiger partial charge on any atom is 0.122 e. The Balaban J connectivity index is 2.49. The summed E-state index contributed by atoms with van der Waals surface area (Å²) >= 11 is 0. The monoisotopic (exact) mass is 249 g/mol. The molecule has 1 fully saturated rings. The number of benzene rings is 1. The Hall–Kier alpha value is -1.06. The van der Waals surface area contributed by atoms with Crippen molar-refractivity contribution in [2.75, 3.05) is 20.3 Å². The van der Waals surface area contributed by atoms with Gasteiger partial charge in [-0.25, -0.2) is 0 Å². The fourth-order valence-electron chi connectivity index (χ4n) is 2.46. The molecule has 1 aliphatic rings. The molecule has 2 rings (SSSR count). The lowest BCUT2D eigenvalue weighted by Crippen LogP contribution is -2.57. The molecular weight excluding hydrogens is 226 g/mol. The molecule has 0 amide bonds. The van der Waals surface area contributed by atoms with Gasteiger partial charge >= 0.3 is 0 Å². The topological polar surface area (TPSA) is 44.5 Å². The molecule has 1 saturated heterocycles. The highest BCUT2D eigenvalue weighted by Gasteiger charge is 2.45. The molecule has 1 unspecified atom stereocenters. The third-order valence-corrected chi connectivity index (χ3v) is 4.02. The second kappa shape index (κ2) is 4.90. The standard InChI is InChI=1S/C15H23NO2/c1-10(2)12-5-6-14(17-4)13(7-12)15(11(3)16)8-18-9-15/h5-7,10-11H,8-9,16H2,1-4H3. The van der Waals surface area contributed by atoms with Crippen molar-refractivity contribution < 1.29 is 9.47 Å². The largest absolute Gasteiger partial charge is 0.496 e. The molecule has 1 atom stereocenters. The van der Waals surface area contributed by atoms with Crippen LogP contribution < -0.4 is 10.5 Å². The van der Waals surface area contributed by atoms with Crippen molar-refractivity contribution >= 4 is 0 Å². The molecule has 0 radical (unpaired) electrons. The second-order valence-electron chi connectivity index (χ2n) is 5.55. The first-order valence-electron chi connectivity index (χ1n) is 6.53. The van der Waals surface area contributed by atoms with Gasteiger partial charge in [-0.05, 0) is 24.5 Å².